The van der Waals surface area contributed by atoms with Crippen molar-refractivity contribution in [3.05, 3.63) is 53.8 Å². The van der Waals surface area contributed by atoms with Crippen LogP contribution < -0.4 is 4.90 Å². The molecule has 1 aliphatic rings. The van der Waals surface area contributed by atoms with Gasteiger partial charge >= 0.3 is 0 Å². The summed E-state index contributed by atoms with van der Waals surface area (Å²) in [6, 6.07) is 10.9. The van der Waals surface area contributed by atoms with Gasteiger partial charge < -0.3 is 9.80 Å². The van der Waals surface area contributed by atoms with E-state index in [0.717, 1.165) is 29.2 Å². The van der Waals surface area contributed by atoms with E-state index < -0.39 is 15.7 Å². The number of carbonyl (C=O) groups is 1. The molecule has 1 aromatic heterocycles. The quantitative estimate of drug-likeness (QED) is 0.526. The first-order valence-electron chi connectivity index (χ1n) is 10.3. The maximum absolute atomic E-state index is 13.0. The Morgan fingerprint density at radius 3 is 2.48 bits per heavy atom. The van der Waals surface area contributed by atoms with Gasteiger partial charge in [-0.2, -0.15) is 0 Å². The molecule has 1 amide bonds. The summed E-state index contributed by atoms with van der Waals surface area (Å²) < 4.78 is 39.0. The van der Waals surface area contributed by atoms with Gasteiger partial charge in [-0.1, -0.05) is 30.4 Å². The van der Waals surface area contributed by atoms with Crippen molar-refractivity contribution in [1.82, 2.24) is 9.88 Å². The summed E-state index contributed by atoms with van der Waals surface area (Å²) in [5, 5.41) is 0.960. The molecule has 9 heteroatoms. The molecule has 0 aliphatic carbocycles. The first-order valence-corrected chi connectivity index (χ1v) is 12.7. The van der Waals surface area contributed by atoms with E-state index in [1.807, 2.05) is 0 Å². The van der Waals surface area contributed by atoms with Crippen LogP contribution in [0, 0.1) is 5.82 Å². The minimum Gasteiger partial charge on any atom is -0.345 e. The number of nitrogens with zero attached hydrogens (tertiary/aromatic N) is 3. The Morgan fingerprint density at radius 1 is 1.10 bits per heavy atom. The van der Waals surface area contributed by atoms with Gasteiger partial charge in [-0.3, -0.25) is 4.79 Å². The largest absolute Gasteiger partial charge is 0.345 e. The lowest BCUT2D eigenvalue weighted by Gasteiger charge is -2.34. The molecule has 6 nitrogen and oxygen atoms in total. The van der Waals surface area contributed by atoms with Crippen LogP contribution in [0.3, 0.4) is 0 Å². The Balaban J connectivity index is 1.34. The van der Waals surface area contributed by atoms with Gasteiger partial charge in [0.05, 0.1) is 20.9 Å². The molecule has 31 heavy (non-hydrogen) atoms. The first kappa shape index (κ1) is 21.7. The number of carbonyl (C=O) groups excluding carboxylic acids is 1. The van der Waals surface area contributed by atoms with Gasteiger partial charge in [-0.05, 0) is 42.3 Å². The molecule has 2 heterocycles. The third kappa shape index (κ3) is 4.72. The van der Waals surface area contributed by atoms with E-state index in [1.54, 1.807) is 16.2 Å². The van der Waals surface area contributed by atoms with Crippen LogP contribution in [-0.2, 0) is 21.1 Å². The Bertz CT molecular complexity index is 1180. The fourth-order valence-corrected chi connectivity index (χ4v) is 6.00. The zero-order valence-electron chi connectivity index (χ0n) is 17.3. The summed E-state index contributed by atoms with van der Waals surface area (Å²) in [6.45, 7) is 4.52. The van der Waals surface area contributed by atoms with Crippen LogP contribution >= 0.6 is 11.3 Å². The molecule has 0 bridgehead atoms. The van der Waals surface area contributed by atoms with Crippen molar-refractivity contribution >= 4 is 42.4 Å². The summed E-state index contributed by atoms with van der Waals surface area (Å²) in [4.78, 5) is 21.3. The summed E-state index contributed by atoms with van der Waals surface area (Å²) in [6.07, 6.45) is 0.852. The van der Waals surface area contributed by atoms with Gasteiger partial charge in [0.2, 0.25) is 5.91 Å². The molecular formula is C22H24FN3O3S2. The van der Waals surface area contributed by atoms with Gasteiger partial charge in [-0.25, -0.2) is 17.8 Å². The molecule has 1 aliphatic heterocycles. The van der Waals surface area contributed by atoms with E-state index >= 15 is 0 Å². The molecule has 0 radical (unpaired) electrons. The van der Waals surface area contributed by atoms with Gasteiger partial charge in [-0.15, -0.1) is 0 Å². The molecule has 3 aromatic rings. The Kier molecular flexibility index (Phi) is 6.24. The third-order valence-electron chi connectivity index (χ3n) is 5.53. The third-order valence-corrected chi connectivity index (χ3v) is 8.35. The SMILES string of the molecule is CCc1cccc2sc(N3CCN(C(=O)CCS(=O)(=O)c4ccc(F)cc4)CC3)nc12. The number of aryl methyl sites for hydroxylation is 1. The Hall–Kier alpha value is -2.52. The number of rotatable bonds is 6. The topological polar surface area (TPSA) is 70.6 Å². The van der Waals surface area contributed by atoms with E-state index in [-0.39, 0.29) is 23.0 Å². The van der Waals surface area contributed by atoms with Crippen molar-refractivity contribution in [3.8, 4) is 0 Å². The van der Waals surface area contributed by atoms with Crippen molar-refractivity contribution in [2.45, 2.75) is 24.7 Å². The zero-order chi connectivity index (χ0) is 22.0. The number of hydrogen-bond acceptors (Lipinski definition) is 6. The van der Waals surface area contributed by atoms with Crippen LogP contribution in [0.2, 0.25) is 0 Å². The molecule has 1 saturated heterocycles. The first-order chi connectivity index (χ1) is 14.9. The van der Waals surface area contributed by atoms with Crippen LogP contribution in [-0.4, -0.2) is 56.1 Å². The average Bonchev–Trinajstić information content (AvgIpc) is 3.22. The second kappa shape index (κ2) is 8.92. The van der Waals surface area contributed by atoms with Crippen LogP contribution in [0.1, 0.15) is 18.9 Å². The second-order valence-electron chi connectivity index (χ2n) is 7.50. The number of benzene rings is 2. The fourth-order valence-electron chi connectivity index (χ4n) is 3.70. The number of anilines is 1. The lowest BCUT2D eigenvalue weighted by atomic mass is 10.1. The maximum Gasteiger partial charge on any atom is 0.223 e. The molecule has 4 rings (SSSR count). The van der Waals surface area contributed by atoms with Crippen molar-refractivity contribution < 1.29 is 17.6 Å². The van der Waals surface area contributed by atoms with Crippen LogP contribution in [0.15, 0.2) is 47.4 Å². The van der Waals surface area contributed by atoms with E-state index in [1.165, 1.54) is 22.4 Å². The molecule has 0 atom stereocenters. The van der Waals surface area contributed by atoms with Crippen molar-refractivity contribution in [1.29, 1.82) is 0 Å². The van der Waals surface area contributed by atoms with E-state index in [0.29, 0.717) is 26.2 Å². The van der Waals surface area contributed by atoms with Crippen molar-refractivity contribution in [2.24, 2.45) is 0 Å². The highest BCUT2D eigenvalue weighted by atomic mass is 32.2. The van der Waals surface area contributed by atoms with Crippen LogP contribution in [0.5, 0.6) is 0 Å². The Morgan fingerprint density at radius 2 is 1.81 bits per heavy atom. The average molecular weight is 462 g/mol. The smallest absolute Gasteiger partial charge is 0.223 e. The van der Waals surface area contributed by atoms with Crippen molar-refractivity contribution in [2.75, 3.05) is 36.8 Å². The molecule has 0 spiro atoms. The monoisotopic (exact) mass is 461 g/mol. The normalized spacial score (nSPS) is 14.9. The second-order valence-corrected chi connectivity index (χ2v) is 10.6. The lowest BCUT2D eigenvalue weighted by Crippen LogP contribution is -2.49. The highest BCUT2D eigenvalue weighted by Crippen LogP contribution is 2.31. The number of hydrogen-bond donors (Lipinski definition) is 0. The summed E-state index contributed by atoms with van der Waals surface area (Å²) in [7, 11) is -3.62. The molecule has 0 saturated carbocycles. The van der Waals surface area contributed by atoms with Crippen LogP contribution in [0.4, 0.5) is 9.52 Å². The maximum atomic E-state index is 13.0. The Labute approximate surface area is 185 Å². The number of thiazole rings is 1. The minimum atomic E-state index is -3.62. The number of halogens is 1. The van der Waals surface area contributed by atoms with E-state index in [2.05, 4.69) is 30.0 Å². The number of para-hydroxylation sites is 1. The molecule has 0 unspecified atom stereocenters. The standard InChI is InChI=1S/C22H24FN3O3S2/c1-2-16-4-3-5-19-21(16)24-22(30-19)26-13-11-25(12-14-26)20(27)10-15-31(28,29)18-8-6-17(23)7-9-18/h3-9H,2,10-15H2,1H3. The van der Waals surface area contributed by atoms with E-state index in [4.69, 9.17) is 4.98 Å². The fraction of sp³-hybridized carbons (Fsp3) is 0.364. The van der Waals surface area contributed by atoms with Gasteiger partial charge in [0.25, 0.3) is 0 Å². The summed E-state index contributed by atoms with van der Waals surface area (Å²) in [5.74, 6) is -0.954. The molecule has 1 fully saturated rings. The number of aromatic nitrogens is 1. The predicted octanol–water partition coefficient (Wildman–Crippen LogP) is 3.51. The van der Waals surface area contributed by atoms with Gasteiger partial charge in [0, 0.05) is 32.6 Å². The highest BCUT2D eigenvalue weighted by Gasteiger charge is 2.25. The van der Waals surface area contributed by atoms with E-state index in [9.17, 15) is 17.6 Å². The molecule has 164 valence electrons. The summed E-state index contributed by atoms with van der Waals surface area (Å²) in [5.41, 5.74) is 2.28. The number of fused-ring (bicyclic) bond motifs is 1. The van der Waals surface area contributed by atoms with Crippen LogP contribution in [0.25, 0.3) is 10.2 Å². The van der Waals surface area contributed by atoms with Crippen molar-refractivity contribution in [3.63, 3.8) is 0 Å². The molecule has 2 aromatic carbocycles. The molecular weight excluding hydrogens is 437 g/mol. The lowest BCUT2D eigenvalue weighted by molar-refractivity contribution is -0.131. The minimum absolute atomic E-state index is 0.0359. The zero-order valence-corrected chi connectivity index (χ0v) is 18.9. The number of sulfone groups is 1. The number of amides is 1. The summed E-state index contributed by atoms with van der Waals surface area (Å²) >= 11 is 1.66. The highest BCUT2D eigenvalue weighted by molar-refractivity contribution is 7.91. The molecule has 0 N–H and O–H groups in total. The van der Waals surface area contributed by atoms with Gasteiger partial charge in [0.15, 0.2) is 15.0 Å². The predicted molar refractivity (Wildman–Crippen MR) is 121 cm³/mol. The van der Waals surface area contributed by atoms with Gasteiger partial charge in [0.1, 0.15) is 5.82 Å². The number of piperazine rings is 1.